The second kappa shape index (κ2) is 9.17. The Kier molecular flexibility index (Phi) is 6.31. The summed E-state index contributed by atoms with van der Waals surface area (Å²) >= 11 is 1.07. The summed E-state index contributed by atoms with van der Waals surface area (Å²) in [4.78, 5) is 13.2. The van der Waals surface area contributed by atoms with E-state index >= 15 is 0 Å². The average Bonchev–Trinajstić information content (AvgIpc) is 3.28. The lowest BCUT2D eigenvalue weighted by Crippen LogP contribution is -2.28. The number of sulfonamides is 1. The number of hydrogen-bond acceptors (Lipinski definition) is 4. The summed E-state index contributed by atoms with van der Waals surface area (Å²) < 4.78 is 42.0. The quantitative estimate of drug-likeness (QED) is 0.371. The lowest BCUT2D eigenvalue weighted by Gasteiger charge is -2.21. The molecule has 0 aliphatic rings. The molecule has 4 aromatic rings. The Labute approximate surface area is 196 Å². The highest BCUT2D eigenvalue weighted by Gasteiger charge is 2.32. The smallest absolute Gasteiger partial charge is 0.267 e. The molecule has 0 unspecified atom stereocenters. The number of anilines is 2. The molecule has 4 rings (SSSR count). The number of hydrogen-bond donors (Lipinski definition) is 1. The van der Waals surface area contributed by atoms with Crippen molar-refractivity contribution in [1.29, 1.82) is 0 Å². The number of amides is 1. The van der Waals surface area contributed by atoms with Crippen LogP contribution in [-0.4, -0.2) is 21.4 Å². The van der Waals surface area contributed by atoms with Crippen molar-refractivity contribution in [2.24, 2.45) is 0 Å². The van der Waals surface area contributed by atoms with E-state index in [2.05, 4.69) is 5.32 Å². The Morgan fingerprint density at radius 3 is 2.21 bits per heavy atom. The summed E-state index contributed by atoms with van der Waals surface area (Å²) in [7, 11) is -2.77. The van der Waals surface area contributed by atoms with Crippen LogP contribution in [0.15, 0.2) is 89.1 Å². The fourth-order valence-electron chi connectivity index (χ4n) is 3.33. The molecule has 1 N–H and O–H groups in total. The van der Waals surface area contributed by atoms with E-state index < -0.39 is 21.7 Å². The number of aryl methyl sites for hydroxylation is 1. The third kappa shape index (κ3) is 4.67. The summed E-state index contributed by atoms with van der Waals surface area (Å²) in [6.45, 7) is 1.94. The van der Waals surface area contributed by atoms with Crippen LogP contribution in [0.1, 0.15) is 15.2 Å². The summed E-state index contributed by atoms with van der Waals surface area (Å²) in [5, 5.41) is 4.46. The Hall–Kier alpha value is -3.49. The molecule has 0 saturated carbocycles. The molecule has 5 nitrogen and oxygen atoms in total. The molecule has 1 heterocycles. The number of nitrogens with one attached hydrogen (secondary N) is 1. The predicted molar refractivity (Wildman–Crippen MR) is 131 cm³/mol. The van der Waals surface area contributed by atoms with Crippen LogP contribution in [-0.2, 0) is 10.0 Å². The van der Waals surface area contributed by atoms with E-state index in [1.807, 2.05) is 25.1 Å². The van der Waals surface area contributed by atoms with Gasteiger partial charge >= 0.3 is 0 Å². The van der Waals surface area contributed by atoms with Gasteiger partial charge in [-0.2, -0.15) is 0 Å². The Bertz CT molecular complexity index is 1380. The van der Waals surface area contributed by atoms with Crippen molar-refractivity contribution in [3.05, 3.63) is 101 Å². The summed E-state index contributed by atoms with van der Waals surface area (Å²) in [6, 6.07) is 21.4. The summed E-state index contributed by atoms with van der Waals surface area (Å²) in [5.74, 6) is -0.986. The molecule has 8 heteroatoms. The number of thiophene rings is 1. The molecule has 1 aromatic heterocycles. The van der Waals surface area contributed by atoms with E-state index in [-0.39, 0.29) is 15.5 Å². The van der Waals surface area contributed by atoms with Crippen molar-refractivity contribution >= 4 is 38.6 Å². The second-order valence-electron chi connectivity index (χ2n) is 7.44. The number of nitrogens with zero attached hydrogens (tertiary/aromatic N) is 1. The minimum Gasteiger partial charge on any atom is -0.321 e. The molecule has 0 fully saturated rings. The molecule has 0 bridgehead atoms. The molecule has 0 aliphatic carbocycles. The van der Waals surface area contributed by atoms with Gasteiger partial charge in [-0.3, -0.25) is 9.10 Å². The average molecular weight is 481 g/mol. The molecule has 0 spiro atoms. The third-order valence-corrected chi connectivity index (χ3v) is 8.13. The number of carbonyl (C=O) groups is 1. The second-order valence-corrected chi connectivity index (χ2v) is 10.2. The first-order chi connectivity index (χ1) is 15.8. The molecule has 33 heavy (non-hydrogen) atoms. The van der Waals surface area contributed by atoms with E-state index in [1.54, 1.807) is 41.8 Å². The third-order valence-electron chi connectivity index (χ3n) is 5.15. The molecular weight excluding hydrogens is 459 g/mol. The van der Waals surface area contributed by atoms with Crippen molar-refractivity contribution in [1.82, 2.24) is 0 Å². The molecule has 0 aliphatic heterocycles. The van der Waals surface area contributed by atoms with Crippen molar-refractivity contribution in [2.75, 3.05) is 16.7 Å². The number of rotatable bonds is 6. The van der Waals surface area contributed by atoms with E-state index in [4.69, 9.17) is 0 Å². The number of halogens is 1. The van der Waals surface area contributed by atoms with Crippen LogP contribution in [0, 0.1) is 12.7 Å². The maximum Gasteiger partial charge on any atom is 0.267 e. The topological polar surface area (TPSA) is 66.5 Å². The largest absolute Gasteiger partial charge is 0.321 e. The van der Waals surface area contributed by atoms with Gasteiger partial charge in [0.1, 0.15) is 15.6 Å². The van der Waals surface area contributed by atoms with E-state index in [9.17, 15) is 17.6 Å². The minimum absolute atomic E-state index is 0.0726. The van der Waals surface area contributed by atoms with E-state index in [0.717, 1.165) is 21.2 Å². The zero-order chi connectivity index (χ0) is 23.6. The van der Waals surface area contributed by atoms with Gasteiger partial charge in [-0.15, -0.1) is 11.3 Å². The number of carbonyl (C=O) groups excluding carboxylic acids is 1. The van der Waals surface area contributed by atoms with Crippen molar-refractivity contribution < 1.29 is 17.6 Å². The van der Waals surface area contributed by atoms with Crippen LogP contribution in [0.5, 0.6) is 0 Å². The highest BCUT2D eigenvalue weighted by molar-refractivity contribution is 7.93. The first-order valence-electron chi connectivity index (χ1n) is 10.1. The summed E-state index contributed by atoms with van der Waals surface area (Å²) in [6.07, 6.45) is 0. The van der Waals surface area contributed by atoms with Crippen LogP contribution < -0.4 is 9.62 Å². The lowest BCUT2D eigenvalue weighted by molar-refractivity contribution is 0.102. The molecule has 168 valence electrons. The van der Waals surface area contributed by atoms with Crippen molar-refractivity contribution in [3.63, 3.8) is 0 Å². The van der Waals surface area contributed by atoms with Gasteiger partial charge < -0.3 is 5.32 Å². The number of benzene rings is 3. The maximum absolute atomic E-state index is 13.8. The highest BCUT2D eigenvalue weighted by atomic mass is 32.2. The normalized spacial score (nSPS) is 11.2. The summed E-state index contributed by atoms with van der Waals surface area (Å²) in [5.41, 5.74) is 3.00. The lowest BCUT2D eigenvalue weighted by atomic mass is 10.1. The maximum atomic E-state index is 13.8. The van der Waals surface area contributed by atoms with Crippen LogP contribution in [0.3, 0.4) is 0 Å². The minimum atomic E-state index is -4.15. The van der Waals surface area contributed by atoms with Crippen LogP contribution in [0.4, 0.5) is 15.8 Å². The predicted octanol–water partition coefficient (Wildman–Crippen LogP) is 5.94. The molecule has 0 atom stereocenters. The zero-order valence-corrected chi connectivity index (χ0v) is 19.6. The van der Waals surface area contributed by atoms with Gasteiger partial charge in [0.2, 0.25) is 0 Å². The van der Waals surface area contributed by atoms with Crippen LogP contribution >= 0.6 is 11.3 Å². The van der Waals surface area contributed by atoms with Gasteiger partial charge in [-0.25, -0.2) is 12.8 Å². The van der Waals surface area contributed by atoms with Crippen LogP contribution in [0.25, 0.3) is 11.1 Å². The van der Waals surface area contributed by atoms with Gasteiger partial charge in [-0.05, 0) is 48.9 Å². The monoisotopic (exact) mass is 480 g/mol. The van der Waals surface area contributed by atoms with Gasteiger partial charge in [0.05, 0.1) is 5.69 Å². The molecule has 0 saturated heterocycles. The fourth-order valence-corrected chi connectivity index (χ4v) is 6.18. The SMILES string of the molecule is Cc1ccc(NC(=O)c2scc(-c3ccccc3)c2S(=O)(=O)N(C)c2ccc(F)cc2)cc1. The van der Waals surface area contributed by atoms with Crippen molar-refractivity contribution in [3.8, 4) is 11.1 Å². The zero-order valence-electron chi connectivity index (χ0n) is 17.9. The van der Waals surface area contributed by atoms with Crippen LogP contribution in [0.2, 0.25) is 0 Å². The van der Waals surface area contributed by atoms with E-state index in [0.29, 0.717) is 16.8 Å². The standard InChI is InChI=1S/C25H21FN2O3S2/c1-17-8-12-20(13-9-17)27-25(29)23-24(22(16-32-23)18-6-4-3-5-7-18)33(30,31)28(2)21-14-10-19(26)11-15-21/h3-16H,1-2H3,(H,27,29). The first kappa shape index (κ1) is 22.7. The Balaban J connectivity index is 1.81. The Morgan fingerprint density at radius 2 is 1.58 bits per heavy atom. The molecule has 1 amide bonds. The highest BCUT2D eigenvalue weighted by Crippen LogP contribution is 2.38. The Morgan fingerprint density at radius 1 is 0.939 bits per heavy atom. The molecule has 3 aromatic carbocycles. The van der Waals surface area contributed by atoms with E-state index in [1.165, 1.54) is 31.3 Å². The van der Waals surface area contributed by atoms with Gasteiger partial charge in [0.25, 0.3) is 15.9 Å². The molecular formula is C25H21FN2O3S2. The fraction of sp³-hybridized carbons (Fsp3) is 0.0800. The van der Waals surface area contributed by atoms with Crippen molar-refractivity contribution in [2.45, 2.75) is 11.8 Å². The van der Waals surface area contributed by atoms with Gasteiger partial charge in [0.15, 0.2) is 0 Å². The first-order valence-corrected chi connectivity index (χ1v) is 12.4. The van der Waals surface area contributed by atoms with Gasteiger partial charge in [-0.1, -0.05) is 48.0 Å². The molecule has 0 radical (unpaired) electrons. The van der Waals surface area contributed by atoms with Gasteiger partial charge in [0, 0.05) is 23.7 Å².